The third kappa shape index (κ3) is 11.6. The van der Waals surface area contributed by atoms with Crippen molar-refractivity contribution in [1.29, 1.82) is 0 Å². The molecule has 1 fully saturated rings. The van der Waals surface area contributed by atoms with Crippen molar-refractivity contribution in [3.63, 3.8) is 0 Å². The monoisotopic (exact) mass is 838 g/mol. The number of ether oxygens (including phenoxy) is 2. The van der Waals surface area contributed by atoms with Gasteiger partial charge in [-0.2, -0.15) is 4.72 Å². The van der Waals surface area contributed by atoms with E-state index >= 15 is 0 Å². The predicted molar refractivity (Wildman–Crippen MR) is 238 cm³/mol. The summed E-state index contributed by atoms with van der Waals surface area (Å²) in [5.74, 6) is -0.366. The van der Waals surface area contributed by atoms with Crippen LogP contribution in [0.5, 0.6) is 0 Å². The zero-order valence-electron chi connectivity index (χ0n) is 34.9. The van der Waals surface area contributed by atoms with E-state index in [1.807, 2.05) is 134 Å². The topological polar surface area (TPSA) is 130 Å². The Balaban J connectivity index is 1.04. The lowest BCUT2D eigenvalue weighted by molar-refractivity contribution is -0.275. The van der Waals surface area contributed by atoms with Crippen molar-refractivity contribution in [2.45, 2.75) is 69.3 Å². The van der Waals surface area contributed by atoms with Gasteiger partial charge in [0.2, 0.25) is 15.9 Å². The SMILES string of the molecule is Cc1ccc(S(=O)(=O)NC(Cc2ccccc2)C(=O)NCc2cccc(-c3ccc(C4OC(CN(C)CCc5ccccn5)C(C)C(c5ccc(CO)cc5)O4)cc3)c2)cc1. The highest BCUT2D eigenvalue weighted by atomic mass is 32.2. The second-order valence-corrected chi connectivity index (χ2v) is 17.6. The molecular formula is C50H54N4O6S. The summed E-state index contributed by atoms with van der Waals surface area (Å²) in [6, 6.07) is 44.9. The molecule has 61 heavy (non-hydrogen) atoms. The van der Waals surface area contributed by atoms with Crippen molar-refractivity contribution in [3.8, 4) is 11.1 Å². The van der Waals surface area contributed by atoms with Crippen molar-refractivity contribution in [3.05, 3.63) is 191 Å². The molecule has 1 aliphatic rings. The van der Waals surface area contributed by atoms with Crippen LogP contribution >= 0.6 is 0 Å². The van der Waals surface area contributed by atoms with Crippen LogP contribution in [0, 0.1) is 12.8 Å². The number of hydrogen-bond donors (Lipinski definition) is 3. The van der Waals surface area contributed by atoms with Gasteiger partial charge in [0.05, 0.1) is 23.7 Å². The third-order valence-corrected chi connectivity index (χ3v) is 12.7. The summed E-state index contributed by atoms with van der Waals surface area (Å²) in [4.78, 5) is 20.6. The molecule has 0 radical (unpaired) electrons. The fourth-order valence-electron chi connectivity index (χ4n) is 7.59. The van der Waals surface area contributed by atoms with Crippen molar-refractivity contribution >= 4 is 15.9 Å². The van der Waals surface area contributed by atoms with Crippen LogP contribution in [-0.2, 0) is 50.3 Å². The first-order chi connectivity index (χ1) is 29.5. The van der Waals surface area contributed by atoms with Gasteiger partial charge < -0.3 is 24.8 Å². The summed E-state index contributed by atoms with van der Waals surface area (Å²) < 4.78 is 42.9. The maximum atomic E-state index is 13.7. The van der Waals surface area contributed by atoms with Crippen LogP contribution in [0.2, 0.25) is 0 Å². The Morgan fingerprint density at radius 2 is 1.49 bits per heavy atom. The highest BCUT2D eigenvalue weighted by molar-refractivity contribution is 7.89. The third-order valence-electron chi connectivity index (χ3n) is 11.2. The molecule has 0 spiro atoms. The lowest BCUT2D eigenvalue weighted by atomic mass is 9.90. The number of likely N-dealkylation sites (N-methyl/N-ethyl adjacent to an activating group) is 1. The van der Waals surface area contributed by atoms with Crippen LogP contribution in [-0.4, -0.2) is 61.6 Å². The van der Waals surface area contributed by atoms with Crippen molar-refractivity contribution in [2.24, 2.45) is 5.92 Å². The molecule has 11 heteroatoms. The summed E-state index contributed by atoms with van der Waals surface area (Å²) in [6.45, 7) is 5.80. The maximum Gasteiger partial charge on any atom is 0.241 e. The largest absolute Gasteiger partial charge is 0.392 e. The van der Waals surface area contributed by atoms with Crippen LogP contribution in [0.1, 0.15) is 58.4 Å². The number of carbonyl (C=O) groups excluding carboxylic acids is 1. The molecule has 1 aromatic heterocycles. The Kier molecular flexibility index (Phi) is 14.5. The molecule has 0 aliphatic carbocycles. The van der Waals surface area contributed by atoms with Crippen molar-refractivity contribution in [1.82, 2.24) is 19.9 Å². The average molecular weight is 839 g/mol. The van der Waals surface area contributed by atoms with E-state index < -0.39 is 28.3 Å². The van der Waals surface area contributed by atoms with E-state index in [0.717, 1.165) is 63.2 Å². The molecule has 6 aromatic rings. The number of benzene rings is 5. The van der Waals surface area contributed by atoms with Crippen molar-refractivity contribution in [2.75, 3.05) is 20.1 Å². The number of carbonyl (C=O) groups is 1. The average Bonchev–Trinajstić information content (AvgIpc) is 3.29. The second-order valence-electron chi connectivity index (χ2n) is 15.9. The van der Waals surface area contributed by atoms with Crippen molar-refractivity contribution < 1.29 is 27.8 Å². The molecule has 1 aliphatic heterocycles. The molecule has 10 nitrogen and oxygen atoms in total. The summed E-state index contributed by atoms with van der Waals surface area (Å²) in [6.07, 6.45) is 1.91. The summed E-state index contributed by atoms with van der Waals surface area (Å²) in [5, 5.41) is 12.6. The Hall–Kier alpha value is -5.53. The zero-order valence-corrected chi connectivity index (χ0v) is 35.7. The highest BCUT2D eigenvalue weighted by Crippen LogP contribution is 2.42. The first-order valence-electron chi connectivity index (χ1n) is 20.7. The van der Waals surface area contributed by atoms with Crippen LogP contribution < -0.4 is 10.0 Å². The van der Waals surface area contributed by atoms with Gasteiger partial charge in [-0.15, -0.1) is 0 Å². The number of nitrogens with one attached hydrogen (secondary N) is 2. The minimum absolute atomic E-state index is 0.0191. The number of nitrogens with zero attached hydrogens (tertiary/aromatic N) is 2. The maximum absolute atomic E-state index is 13.7. The first-order valence-corrected chi connectivity index (χ1v) is 22.2. The van der Waals surface area contributed by atoms with Gasteiger partial charge in [-0.1, -0.05) is 128 Å². The molecule has 5 unspecified atom stereocenters. The summed E-state index contributed by atoms with van der Waals surface area (Å²) in [5.41, 5.74) is 8.43. The zero-order chi connectivity index (χ0) is 42.8. The van der Waals surface area contributed by atoms with Crippen LogP contribution in [0.15, 0.2) is 157 Å². The van der Waals surface area contributed by atoms with Crippen LogP contribution in [0.3, 0.4) is 0 Å². The van der Waals surface area contributed by atoms with E-state index in [9.17, 15) is 18.3 Å². The molecule has 316 valence electrons. The molecule has 2 heterocycles. The molecule has 1 saturated heterocycles. The molecule has 3 N–H and O–H groups in total. The number of hydrogen-bond acceptors (Lipinski definition) is 8. The van der Waals surface area contributed by atoms with Gasteiger partial charge in [-0.3, -0.25) is 9.78 Å². The standard InChI is InChI=1S/C50H54N4O6S/c1-35-15-25-45(26-16-35)61(57,58)53-46(31-37-10-5-4-6-11-37)49(56)52-32-39-12-9-13-43(30-39)40-21-23-42(24-22-40)50-59-47(33-54(3)29-27-44-14-7-8-28-51-44)36(2)48(60-50)41-19-17-38(34-55)18-20-41/h4-26,28,30,36,46-48,50,53,55H,27,29,31-34H2,1-3H3,(H,52,56). The van der Waals surface area contributed by atoms with Gasteiger partial charge in [0, 0.05) is 49.4 Å². The normalized spacial score (nSPS) is 18.4. The van der Waals surface area contributed by atoms with Gasteiger partial charge in [0.1, 0.15) is 6.04 Å². The number of sulfonamides is 1. The van der Waals surface area contributed by atoms with Gasteiger partial charge in [0.15, 0.2) is 6.29 Å². The molecule has 7 rings (SSSR count). The number of rotatable bonds is 17. The number of aliphatic hydroxyl groups is 1. The fourth-order valence-corrected chi connectivity index (χ4v) is 8.79. The quantitative estimate of drug-likeness (QED) is 0.0852. The Morgan fingerprint density at radius 1 is 0.787 bits per heavy atom. The number of aryl methyl sites for hydroxylation is 1. The second kappa shape index (κ2) is 20.4. The van der Waals surface area contributed by atoms with E-state index in [1.165, 1.54) is 0 Å². The lowest BCUT2D eigenvalue weighted by Gasteiger charge is -2.42. The molecule has 1 amide bonds. The molecule has 5 aromatic carbocycles. The van der Waals surface area contributed by atoms with Gasteiger partial charge in [-0.25, -0.2) is 8.42 Å². The summed E-state index contributed by atoms with van der Waals surface area (Å²) in [7, 11) is -1.85. The Morgan fingerprint density at radius 3 is 2.20 bits per heavy atom. The Bertz CT molecular complexity index is 2430. The molecule has 0 saturated carbocycles. The molecular weight excluding hydrogens is 785 g/mol. The number of aliphatic hydroxyl groups excluding tert-OH is 1. The highest BCUT2D eigenvalue weighted by Gasteiger charge is 2.39. The van der Waals surface area contributed by atoms with E-state index in [0.29, 0.717) is 6.54 Å². The van der Waals surface area contributed by atoms with Gasteiger partial charge in [0.25, 0.3) is 0 Å². The van der Waals surface area contributed by atoms with E-state index in [1.54, 1.807) is 24.3 Å². The molecule has 0 bridgehead atoms. The minimum atomic E-state index is -3.96. The van der Waals surface area contributed by atoms with Gasteiger partial charge >= 0.3 is 0 Å². The smallest absolute Gasteiger partial charge is 0.241 e. The van der Waals surface area contributed by atoms with Crippen LogP contribution in [0.4, 0.5) is 0 Å². The first kappa shape index (κ1) is 43.6. The summed E-state index contributed by atoms with van der Waals surface area (Å²) >= 11 is 0. The predicted octanol–water partition coefficient (Wildman–Crippen LogP) is 7.72. The number of amides is 1. The lowest BCUT2D eigenvalue weighted by Crippen LogP contribution is -2.47. The number of aromatic nitrogens is 1. The van der Waals surface area contributed by atoms with Gasteiger partial charge in [-0.05, 0) is 84.1 Å². The van der Waals surface area contributed by atoms with E-state index in [4.69, 9.17) is 9.47 Å². The number of pyridine rings is 1. The van der Waals surface area contributed by atoms with E-state index in [2.05, 4.69) is 33.9 Å². The molecule has 5 atom stereocenters. The van der Waals surface area contributed by atoms with Crippen LogP contribution in [0.25, 0.3) is 11.1 Å². The van der Waals surface area contributed by atoms with E-state index in [-0.39, 0.29) is 42.6 Å². The fraction of sp³-hybridized carbons (Fsp3) is 0.280. The Labute approximate surface area is 359 Å². The minimum Gasteiger partial charge on any atom is -0.392 e.